The number of carbonyl (C=O) groups excluding carboxylic acids is 2. The summed E-state index contributed by atoms with van der Waals surface area (Å²) in [4.78, 5) is 25.7. The fourth-order valence-corrected chi connectivity index (χ4v) is 2.32. The van der Waals surface area contributed by atoms with E-state index in [1.54, 1.807) is 4.90 Å². The number of amides is 1. The minimum absolute atomic E-state index is 0.00226. The summed E-state index contributed by atoms with van der Waals surface area (Å²) in [7, 11) is 0. The third kappa shape index (κ3) is 4.49. The van der Waals surface area contributed by atoms with E-state index in [2.05, 4.69) is 13.8 Å². The molecule has 1 fully saturated rings. The molecule has 1 aliphatic rings. The van der Waals surface area contributed by atoms with Crippen LogP contribution in [0.25, 0.3) is 0 Å². The number of piperidine rings is 1. The average Bonchev–Trinajstić information content (AvgIpc) is 2.24. The monoisotopic (exact) mass is 270 g/mol. The first kappa shape index (κ1) is 16.0. The quantitative estimate of drug-likeness (QED) is 0.832. The molecule has 1 heterocycles. The predicted octanol–water partition coefficient (Wildman–Crippen LogP) is 1.94. The number of likely N-dealkylation sites (tertiary alicyclic amines) is 1. The number of carbonyl (C=O) groups is 2. The molecular formula is C14H26N2O3. The standard InChI is InChI=1S/C14H26N2O3/c1-13(2,3)19-12(18)16-9-14(4,5)7-6-10(16)11(17)8-15/h10H,6-9,15H2,1-5H3. The molecule has 5 nitrogen and oxygen atoms in total. The Bertz CT molecular complexity index is 358. The van der Waals surface area contributed by atoms with Crippen LogP contribution in [0.1, 0.15) is 47.5 Å². The van der Waals surface area contributed by atoms with Gasteiger partial charge < -0.3 is 10.5 Å². The molecule has 1 unspecified atom stereocenters. The summed E-state index contributed by atoms with van der Waals surface area (Å²) in [5, 5.41) is 0. The molecule has 0 aromatic carbocycles. The van der Waals surface area contributed by atoms with Crippen molar-refractivity contribution in [3.8, 4) is 0 Å². The number of ketones is 1. The van der Waals surface area contributed by atoms with Crippen LogP contribution >= 0.6 is 0 Å². The van der Waals surface area contributed by atoms with E-state index in [1.807, 2.05) is 20.8 Å². The van der Waals surface area contributed by atoms with Crippen LogP contribution < -0.4 is 5.73 Å². The zero-order valence-corrected chi connectivity index (χ0v) is 12.7. The van der Waals surface area contributed by atoms with Gasteiger partial charge >= 0.3 is 6.09 Å². The maximum Gasteiger partial charge on any atom is 0.410 e. The van der Waals surface area contributed by atoms with E-state index >= 15 is 0 Å². The minimum Gasteiger partial charge on any atom is -0.444 e. The zero-order valence-electron chi connectivity index (χ0n) is 12.7. The van der Waals surface area contributed by atoms with Gasteiger partial charge in [-0.3, -0.25) is 9.69 Å². The molecule has 0 aromatic heterocycles. The van der Waals surface area contributed by atoms with Crippen LogP contribution in [0, 0.1) is 5.41 Å². The Labute approximate surface area is 115 Å². The molecule has 0 aromatic rings. The first-order valence-electron chi connectivity index (χ1n) is 6.78. The van der Waals surface area contributed by atoms with Crippen LogP contribution in [-0.2, 0) is 9.53 Å². The highest BCUT2D eigenvalue weighted by Crippen LogP contribution is 2.33. The van der Waals surface area contributed by atoms with E-state index in [0.29, 0.717) is 13.0 Å². The average molecular weight is 270 g/mol. The zero-order chi connectivity index (χ0) is 14.8. The molecule has 1 saturated heterocycles. The maximum atomic E-state index is 12.2. The SMILES string of the molecule is CC1(C)CCC(C(=O)CN)N(C(=O)OC(C)(C)C)C1. The topological polar surface area (TPSA) is 72.6 Å². The molecule has 2 N–H and O–H groups in total. The molecular weight excluding hydrogens is 244 g/mol. The van der Waals surface area contributed by atoms with Gasteiger partial charge in [0.15, 0.2) is 5.78 Å². The van der Waals surface area contributed by atoms with Crippen LogP contribution in [0.2, 0.25) is 0 Å². The van der Waals surface area contributed by atoms with Gasteiger partial charge in [0.25, 0.3) is 0 Å². The highest BCUT2D eigenvalue weighted by molar-refractivity contribution is 5.89. The smallest absolute Gasteiger partial charge is 0.410 e. The van der Waals surface area contributed by atoms with Gasteiger partial charge in [-0.1, -0.05) is 13.8 Å². The summed E-state index contributed by atoms with van der Waals surface area (Å²) in [5.41, 5.74) is 4.87. The van der Waals surface area contributed by atoms with Crippen molar-refractivity contribution in [3.63, 3.8) is 0 Å². The van der Waals surface area contributed by atoms with E-state index in [9.17, 15) is 9.59 Å². The third-order valence-corrected chi connectivity index (χ3v) is 3.27. The molecule has 0 bridgehead atoms. The van der Waals surface area contributed by atoms with Gasteiger partial charge in [0.1, 0.15) is 5.60 Å². The van der Waals surface area contributed by atoms with E-state index < -0.39 is 17.7 Å². The van der Waals surface area contributed by atoms with Gasteiger partial charge in [-0.05, 0) is 39.0 Å². The van der Waals surface area contributed by atoms with Crippen molar-refractivity contribution in [2.24, 2.45) is 11.1 Å². The Morgan fingerprint density at radius 2 is 1.95 bits per heavy atom. The van der Waals surface area contributed by atoms with Gasteiger partial charge in [0.05, 0.1) is 12.6 Å². The van der Waals surface area contributed by atoms with Crippen LogP contribution in [0.4, 0.5) is 4.79 Å². The van der Waals surface area contributed by atoms with Gasteiger partial charge in [-0.25, -0.2) is 4.79 Å². The first-order chi connectivity index (χ1) is 8.56. The molecule has 1 aliphatic heterocycles. The van der Waals surface area contributed by atoms with E-state index in [1.165, 1.54) is 0 Å². The second kappa shape index (κ2) is 5.49. The Hall–Kier alpha value is -1.10. The van der Waals surface area contributed by atoms with Crippen molar-refractivity contribution < 1.29 is 14.3 Å². The van der Waals surface area contributed by atoms with Crippen molar-refractivity contribution in [3.05, 3.63) is 0 Å². The number of nitrogens with zero attached hydrogens (tertiary/aromatic N) is 1. The van der Waals surface area contributed by atoms with Crippen molar-refractivity contribution in [2.45, 2.75) is 59.1 Å². The van der Waals surface area contributed by atoms with Crippen LogP contribution in [0.15, 0.2) is 0 Å². The highest BCUT2D eigenvalue weighted by Gasteiger charge is 2.40. The number of hydrogen-bond acceptors (Lipinski definition) is 4. The molecule has 0 radical (unpaired) electrons. The highest BCUT2D eigenvalue weighted by atomic mass is 16.6. The van der Waals surface area contributed by atoms with Crippen molar-refractivity contribution in [1.82, 2.24) is 4.90 Å². The second-order valence-corrected chi connectivity index (χ2v) is 7.00. The van der Waals surface area contributed by atoms with Gasteiger partial charge in [-0.2, -0.15) is 0 Å². The molecule has 1 rings (SSSR count). The van der Waals surface area contributed by atoms with E-state index in [4.69, 9.17) is 10.5 Å². The van der Waals surface area contributed by atoms with Gasteiger partial charge in [-0.15, -0.1) is 0 Å². The molecule has 1 atom stereocenters. The Morgan fingerprint density at radius 3 is 2.42 bits per heavy atom. The van der Waals surface area contributed by atoms with Crippen LogP contribution in [0.3, 0.4) is 0 Å². The lowest BCUT2D eigenvalue weighted by Crippen LogP contribution is -2.55. The lowest BCUT2D eigenvalue weighted by molar-refractivity contribution is -0.125. The van der Waals surface area contributed by atoms with E-state index in [0.717, 1.165) is 6.42 Å². The van der Waals surface area contributed by atoms with Gasteiger partial charge in [0, 0.05) is 6.54 Å². The van der Waals surface area contributed by atoms with Crippen LogP contribution in [-0.4, -0.2) is 41.5 Å². The number of hydrogen-bond donors (Lipinski definition) is 1. The van der Waals surface area contributed by atoms with Crippen molar-refractivity contribution >= 4 is 11.9 Å². The number of ether oxygens (including phenoxy) is 1. The van der Waals surface area contributed by atoms with Crippen molar-refractivity contribution in [1.29, 1.82) is 0 Å². The summed E-state index contributed by atoms with van der Waals surface area (Å²) in [6.07, 6.45) is 1.14. The molecule has 0 spiro atoms. The Balaban J connectivity index is 2.88. The lowest BCUT2D eigenvalue weighted by Gasteiger charge is -2.43. The summed E-state index contributed by atoms with van der Waals surface area (Å²) in [5.74, 6) is -0.0960. The largest absolute Gasteiger partial charge is 0.444 e. The molecule has 5 heteroatoms. The second-order valence-electron chi connectivity index (χ2n) is 7.00. The van der Waals surface area contributed by atoms with Crippen LogP contribution in [0.5, 0.6) is 0 Å². The predicted molar refractivity (Wildman–Crippen MR) is 73.8 cm³/mol. The number of nitrogens with two attached hydrogens (primary N) is 1. The Kier molecular flexibility index (Phi) is 4.61. The molecule has 19 heavy (non-hydrogen) atoms. The fourth-order valence-electron chi connectivity index (χ4n) is 2.32. The number of rotatable bonds is 2. The molecule has 110 valence electrons. The summed E-state index contributed by atoms with van der Waals surface area (Å²) < 4.78 is 5.39. The molecule has 1 amide bonds. The third-order valence-electron chi connectivity index (χ3n) is 3.27. The lowest BCUT2D eigenvalue weighted by atomic mass is 9.80. The number of Topliss-reactive ketones (excluding diaryl/α,β-unsaturated/α-hetero) is 1. The maximum absolute atomic E-state index is 12.2. The van der Waals surface area contributed by atoms with Gasteiger partial charge in [0.2, 0.25) is 0 Å². The molecule has 0 saturated carbocycles. The molecule has 0 aliphatic carbocycles. The Morgan fingerprint density at radius 1 is 1.37 bits per heavy atom. The van der Waals surface area contributed by atoms with Crippen molar-refractivity contribution in [2.75, 3.05) is 13.1 Å². The minimum atomic E-state index is -0.561. The van der Waals surface area contributed by atoms with E-state index in [-0.39, 0.29) is 17.7 Å². The first-order valence-corrected chi connectivity index (χ1v) is 6.78. The fraction of sp³-hybridized carbons (Fsp3) is 0.857. The summed E-state index contributed by atoms with van der Waals surface area (Å²) in [6.45, 7) is 10.1. The summed E-state index contributed by atoms with van der Waals surface area (Å²) >= 11 is 0. The normalized spacial score (nSPS) is 23.1. The summed E-state index contributed by atoms with van der Waals surface area (Å²) in [6, 6.07) is -0.437.